The standard InChI is InChI=1S/C19H23N3O2/c1-3-4-9-21-18(23)16-8-10-20-17(12-16)19(24)22-13-15-7-5-6-14(2)11-15/h5-8,10-12H,3-4,9,13H2,1-2H3,(H,21,23)(H,22,24). The molecular formula is C19H23N3O2. The van der Waals surface area contributed by atoms with Gasteiger partial charge in [-0.05, 0) is 31.0 Å². The van der Waals surface area contributed by atoms with Gasteiger partial charge in [-0.2, -0.15) is 0 Å². The van der Waals surface area contributed by atoms with Gasteiger partial charge in [0.25, 0.3) is 11.8 Å². The maximum atomic E-state index is 12.2. The topological polar surface area (TPSA) is 71.1 Å². The first-order valence-electron chi connectivity index (χ1n) is 8.18. The summed E-state index contributed by atoms with van der Waals surface area (Å²) in [6.07, 6.45) is 3.43. The van der Waals surface area contributed by atoms with E-state index in [2.05, 4.69) is 22.5 Å². The zero-order valence-corrected chi connectivity index (χ0v) is 14.1. The second kappa shape index (κ2) is 8.82. The first kappa shape index (κ1) is 17.7. The van der Waals surface area contributed by atoms with Crippen LogP contribution in [0, 0.1) is 6.92 Å². The van der Waals surface area contributed by atoms with Crippen molar-refractivity contribution in [3.8, 4) is 0 Å². The molecule has 0 bridgehead atoms. The van der Waals surface area contributed by atoms with Gasteiger partial charge >= 0.3 is 0 Å². The first-order valence-corrected chi connectivity index (χ1v) is 8.18. The molecule has 0 fully saturated rings. The third-order valence-electron chi connectivity index (χ3n) is 3.61. The van der Waals surface area contributed by atoms with Crippen LogP contribution in [0.25, 0.3) is 0 Å². The molecule has 0 spiro atoms. The number of pyridine rings is 1. The molecule has 5 nitrogen and oxygen atoms in total. The highest BCUT2D eigenvalue weighted by Crippen LogP contribution is 2.05. The second-order valence-corrected chi connectivity index (χ2v) is 5.71. The zero-order valence-electron chi connectivity index (χ0n) is 14.1. The number of aryl methyl sites for hydroxylation is 1. The fraction of sp³-hybridized carbons (Fsp3) is 0.316. The number of nitrogens with one attached hydrogen (secondary N) is 2. The van der Waals surface area contributed by atoms with E-state index in [4.69, 9.17) is 0 Å². The molecule has 0 saturated heterocycles. The van der Waals surface area contributed by atoms with Gasteiger partial charge in [0.1, 0.15) is 5.69 Å². The average Bonchev–Trinajstić information content (AvgIpc) is 2.60. The largest absolute Gasteiger partial charge is 0.352 e. The Hall–Kier alpha value is -2.69. The van der Waals surface area contributed by atoms with Crippen LogP contribution in [0.5, 0.6) is 0 Å². The van der Waals surface area contributed by atoms with Crippen LogP contribution in [0.15, 0.2) is 42.6 Å². The van der Waals surface area contributed by atoms with Crippen LogP contribution >= 0.6 is 0 Å². The smallest absolute Gasteiger partial charge is 0.270 e. The number of nitrogens with zero attached hydrogens (tertiary/aromatic N) is 1. The van der Waals surface area contributed by atoms with Crippen LogP contribution in [0.1, 0.15) is 51.7 Å². The van der Waals surface area contributed by atoms with Gasteiger partial charge in [-0.15, -0.1) is 0 Å². The minimum atomic E-state index is -0.292. The van der Waals surface area contributed by atoms with Crippen LogP contribution in [-0.2, 0) is 6.54 Å². The second-order valence-electron chi connectivity index (χ2n) is 5.71. The van der Waals surface area contributed by atoms with Crippen molar-refractivity contribution in [3.05, 3.63) is 65.0 Å². The molecule has 126 valence electrons. The summed E-state index contributed by atoms with van der Waals surface area (Å²) < 4.78 is 0. The molecule has 1 aromatic heterocycles. The lowest BCUT2D eigenvalue weighted by atomic mass is 10.1. The maximum Gasteiger partial charge on any atom is 0.270 e. The molecule has 0 atom stereocenters. The van der Waals surface area contributed by atoms with E-state index in [1.807, 2.05) is 31.2 Å². The number of hydrogen-bond donors (Lipinski definition) is 2. The monoisotopic (exact) mass is 325 g/mol. The highest BCUT2D eigenvalue weighted by Gasteiger charge is 2.11. The Kier molecular flexibility index (Phi) is 6.49. The Morgan fingerprint density at radius 3 is 2.67 bits per heavy atom. The number of benzene rings is 1. The van der Waals surface area contributed by atoms with Crippen molar-refractivity contribution in [2.75, 3.05) is 6.54 Å². The van der Waals surface area contributed by atoms with Gasteiger partial charge in [0.15, 0.2) is 0 Å². The summed E-state index contributed by atoms with van der Waals surface area (Å²) in [4.78, 5) is 28.3. The number of carbonyl (C=O) groups excluding carboxylic acids is 2. The average molecular weight is 325 g/mol. The van der Waals surface area contributed by atoms with Gasteiger partial charge in [0.05, 0.1) is 0 Å². The minimum Gasteiger partial charge on any atom is -0.352 e. The van der Waals surface area contributed by atoms with Crippen LogP contribution in [-0.4, -0.2) is 23.3 Å². The third-order valence-corrected chi connectivity index (χ3v) is 3.61. The Balaban J connectivity index is 1.97. The lowest BCUT2D eigenvalue weighted by Crippen LogP contribution is -2.26. The van der Waals surface area contributed by atoms with Crippen molar-refractivity contribution in [1.29, 1.82) is 0 Å². The predicted molar refractivity (Wildman–Crippen MR) is 93.8 cm³/mol. The molecule has 0 aliphatic rings. The molecule has 1 aromatic carbocycles. The third kappa shape index (κ3) is 5.19. The number of unbranched alkanes of at least 4 members (excludes halogenated alkanes) is 1. The van der Waals surface area contributed by atoms with Crippen molar-refractivity contribution in [2.24, 2.45) is 0 Å². The molecule has 0 radical (unpaired) electrons. The van der Waals surface area contributed by atoms with Crippen LogP contribution < -0.4 is 10.6 Å². The Bertz CT molecular complexity index is 713. The van der Waals surface area contributed by atoms with Crippen LogP contribution in [0.2, 0.25) is 0 Å². The van der Waals surface area contributed by atoms with E-state index in [0.717, 1.165) is 24.0 Å². The zero-order chi connectivity index (χ0) is 17.4. The Morgan fingerprint density at radius 2 is 1.92 bits per heavy atom. The molecule has 2 amide bonds. The molecule has 0 aliphatic heterocycles. The minimum absolute atomic E-state index is 0.182. The van der Waals surface area contributed by atoms with E-state index < -0.39 is 0 Å². The van der Waals surface area contributed by atoms with Crippen molar-refractivity contribution >= 4 is 11.8 Å². The van der Waals surface area contributed by atoms with Gasteiger partial charge in [-0.3, -0.25) is 14.6 Å². The molecule has 1 heterocycles. The molecule has 2 N–H and O–H groups in total. The van der Waals surface area contributed by atoms with Crippen molar-refractivity contribution in [1.82, 2.24) is 15.6 Å². The molecule has 24 heavy (non-hydrogen) atoms. The molecule has 0 aliphatic carbocycles. The van der Waals surface area contributed by atoms with E-state index >= 15 is 0 Å². The molecule has 0 unspecified atom stereocenters. The van der Waals surface area contributed by atoms with Crippen molar-refractivity contribution in [2.45, 2.75) is 33.2 Å². The van der Waals surface area contributed by atoms with Gasteiger partial charge in [0.2, 0.25) is 0 Å². The summed E-state index contributed by atoms with van der Waals surface area (Å²) in [5.74, 6) is -0.474. The number of hydrogen-bond acceptors (Lipinski definition) is 3. The maximum absolute atomic E-state index is 12.2. The van der Waals surface area contributed by atoms with Crippen molar-refractivity contribution in [3.63, 3.8) is 0 Å². The quantitative estimate of drug-likeness (QED) is 0.769. The lowest BCUT2D eigenvalue weighted by Gasteiger charge is -2.08. The van der Waals surface area contributed by atoms with Gasteiger partial charge in [0, 0.05) is 24.8 Å². The highest BCUT2D eigenvalue weighted by molar-refractivity contribution is 5.98. The van der Waals surface area contributed by atoms with Crippen LogP contribution in [0.4, 0.5) is 0 Å². The lowest BCUT2D eigenvalue weighted by molar-refractivity contribution is 0.0946. The first-order chi connectivity index (χ1) is 11.6. The molecule has 5 heteroatoms. The fourth-order valence-corrected chi connectivity index (χ4v) is 2.27. The molecule has 2 aromatic rings. The summed E-state index contributed by atoms with van der Waals surface area (Å²) in [5, 5.41) is 5.66. The van der Waals surface area contributed by atoms with E-state index in [9.17, 15) is 9.59 Å². The molecule has 0 saturated carbocycles. The summed E-state index contributed by atoms with van der Waals surface area (Å²) in [7, 11) is 0. The Morgan fingerprint density at radius 1 is 1.08 bits per heavy atom. The Labute approximate surface area is 142 Å². The number of amides is 2. The molecule has 2 rings (SSSR count). The number of carbonyl (C=O) groups is 2. The van der Waals surface area contributed by atoms with E-state index in [1.165, 1.54) is 12.3 Å². The van der Waals surface area contributed by atoms with Gasteiger partial charge in [-0.1, -0.05) is 43.2 Å². The SMILES string of the molecule is CCCCNC(=O)c1ccnc(C(=O)NCc2cccc(C)c2)c1. The van der Waals surface area contributed by atoms with Gasteiger partial charge < -0.3 is 10.6 Å². The summed E-state index contributed by atoms with van der Waals surface area (Å²) in [6, 6.07) is 11.1. The summed E-state index contributed by atoms with van der Waals surface area (Å²) in [6.45, 7) is 5.13. The highest BCUT2D eigenvalue weighted by atomic mass is 16.2. The van der Waals surface area contributed by atoms with Gasteiger partial charge in [-0.25, -0.2) is 0 Å². The normalized spacial score (nSPS) is 10.2. The van der Waals surface area contributed by atoms with E-state index in [1.54, 1.807) is 6.07 Å². The summed E-state index contributed by atoms with van der Waals surface area (Å²) in [5.41, 5.74) is 2.86. The number of rotatable bonds is 7. The predicted octanol–water partition coefficient (Wildman–Crippen LogP) is 2.85. The van der Waals surface area contributed by atoms with Crippen molar-refractivity contribution < 1.29 is 9.59 Å². The van der Waals surface area contributed by atoms with E-state index in [-0.39, 0.29) is 17.5 Å². The molecular weight excluding hydrogens is 302 g/mol. The fourth-order valence-electron chi connectivity index (χ4n) is 2.27. The number of aromatic nitrogens is 1. The summed E-state index contributed by atoms with van der Waals surface area (Å²) >= 11 is 0. The van der Waals surface area contributed by atoms with Crippen LogP contribution in [0.3, 0.4) is 0 Å². The van der Waals surface area contributed by atoms with E-state index in [0.29, 0.717) is 18.7 Å².